The van der Waals surface area contributed by atoms with E-state index in [-0.39, 0.29) is 11.8 Å². The predicted octanol–water partition coefficient (Wildman–Crippen LogP) is 1.91. The molecule has 0 bridgehead atoms. The highest BCUT2D eigenvalue weighted by Gasteiger charge is 2.20. The zero-order chi connectivity index (χ0) is 12.8. The molecule has 1 aromatic carbocycles. The number of nitrogens with one attached hydrogen (secondary N) is 2. The van der Waals surface area contributed by atoms with Crippen LogP contribution in [0, 0.1) is 5.92 Å². The summed E-state index contributed by atoms with van der Waals surface area (Å²) in [6.07, 6.45) is 1.93. The van der Waals surface area contributed by atoms with Crippen LogP contribution < -0.4 is 10.6 Å². The SMILES string of the molecule is C[C@@H](CNC(=O)C1CCNCC1)c1ccccc1. The number of rotatable bonds is 4. The van der Waals surface area contributed by atoms with Crippen LogP contribution in [0.25, 0.3) is 0 Å². The molecule has 0 aromatic heterocycles. The second kappa shape index (κ2) is 6.55. The Balaban J connectivity index is 1.78. The number of piperidine rings is 1. The van der Waals surface area contributed by atoms with Gasteiger partial charge < -0.3 is 10.6 Å². The topological polar surface area (TPSA) is 41.1 Å². The van der Waals surface area contributed by atoms with Crippen molar-refractivity contribution in [1.82, 2.24) is 10.6 Å². The van der Waals surface area contributed by atoms with Crippen molar-refractivity contribution in [2.24, 2.45) is 5.92 Å². The normalized spacial score (nSPS) is 18.3. The van der Waals surface area contributed by atoms with E-state index in [9.17, 15) is 4.79 Å². The van der Waals surface area contributed by atoms with E-state index in [0.29, 0.717) is 5.92 Å². The summed E-state index contributed by atoms with van der Waals surface area (Å²) >= 11 is 0. The molecule has 0 radical (unpaired) electrons. The van der Waals surface area contributed by atoms with Crippen LogP contribution in [0.5, 0.6) is 0 Å². The van der Waals surface area contributed by atoms with Gasteiger partial charge >= 0.3 is 0 Å². The molecule has 1 aliphatic rings. The standard InChI is InChI=1S/C15H22N2O/c1-12(13-5-3-2-4-6-13)11-17-15(18)14-7-9-16-10-8-14/h2-6,12,14,16H,7-11H2,1H3,(H,17,18)/t12-/m0/s1. The van der Waals surface area contributed by atoms with Gasteiger partial charge in [0.2, 0.25) is 5.91 Å². The van der Waals surface area contributed by atoms with Gasteiger partial charge in [-0.25, -0.2) is 0 Å². The molecule has 1 saturated heterocycles. The summed E-state index contributed by atoms with van der Waals surface area (Å²) in [5.74, 6) is 0.797. The quantitative estimate of drug-likeness (QED) is 0.852. The fourth-order valence-electron chi connectivity index (χ4n) is 2.38. The van der Waals surface area contributed by atoms with Crippen molar-refractivity contribution in [1.29, 1.82) is 0 Å². The Bertz CT molecular complexity index is 371. The molecule has 1 aliphatic heterocycles. The first-order chi connectivity index (χ1) is 8.77. The molecule has 3 nitrogen and oxygen atoms in total. The van der Waals surface area contributed by atoms with Crippen LogP contribution in [0.2, 0.25) is 0 Å². The maximum absolute atomic E-state index is 12.0. The number of carbonyl (C=O) groups is 1. The molecule has 1 aromatic rings. The number of benzene rings is 1. The zero-order valence-corrected chi connectivity index (χ0v) is 11.0. The zero-order valence-electron chi connectivity index (χ0n) is 11.0. The molecule has 1 amide bonds. The lowest BCUT2D eigenvalue weighted by Crippen LogP contribution is -2.39. The first-order valence-electron chi connectivity index (χ1n) is 6.80. The van der Waals surface area contributed by atoms with E-state index < -0.39 is 0 Å². The van der Waals surface area contributed by atoms with E-state index in [2.05, 4.69) is 29.7 Å². The monoisotopic (exact) mass is 246 g/mol. The van der Waals surface area contributed by atoms with Crippen molar-refractivity contribution in [3.8, 4) is 0 Å². The summed E-state index contributed by atoms with van der Waals surface area (Å²) in [4.78, 5) is 12.0. The minimum atomic E-state index is 0.203. The maximum atomic E-state index is 12.0. The number of amides is 1. The number of hydrogen-bond acceptors (Lipinski definition) is 2. The molecule has 0 saturated carbocycles. The lowest BCUT2D eigenvalue weighted by atomic mass is 9.96. The van der Waals surface area contributed by atoms with Crippen LogP contribution >= 0.6 is 0 Å². The van der Waals surface area contributed by atoms with Gasteiger partial charge in [0.25, 0.3) is 0 Å². The van der Waals surface area contributed by atoms with Crippen LogP contribution in [-0.2, 0) is 4.79 Å². The fourth-order valence-corrected chi connectivity index (χ4v) is 2.38. The summed E-state index contributed by atoms with van der Waals surface area (Å²) in [7, 11) is 0. The number of hydrogen-bond donors (Lipinski definition) is 2. The average molecular weight is 246 g/mol. The van der Waals surface area contributed by atoms with E-state index in [1.54, 1.807) is 0 Å². The largest absolute Gasteiger partial charge is 0.355 e. The van der Waals surface area contributed by atoms with Crippen LogP contribution in [0.4, 0.5) is 0 Å². The van der Waals surface area contributed by atoms with Crippen molar-refractivity contribution in [2.75, 3.05) is 19.6 Å². The Morgan fingerprint density at radius 3 is 2.67 bits per heavy atom. The molecule has 0 aliphatic carbocycles. The van der Waals surface area contributed by atoms with E-state index in [4.69, 9.17) is 0 Å². The van der Waals surface area contributed by atoms with Crippen molar-refractivity contribution >= 4 is 5.91 Å². The van der Waals surface area contributed by atoms with Gasteiger partial charge in [-0.15, -0.1) is 0 Å². The van der Waals surface area contributed by atoms with Crippen LogP contribution in [0.3, 0.4) is 0 Å². The summed E-state index contributed by atoms with van der Waals surface area (Å²) in [5.41, 5.74) is 1.28. The minimum Gasteiger partial charge on any atom is -0.355 e. The fraction of sp³-hybridized carbons (Fsp3) is 0.533. The Kier molecular flexibility index (Phi) is 4.76. The summed E-state index contributed by atoms with van der Waals surface area (Å²) in [5, 5.41) is 6.36. The summed E-state index contributed by atoms with van der Waals surface area (Å²) in [6.45, 7) is 4.81. The van der Waals surface area contributed by atoms with Crippen LogP contribution in [-0.4, -0.2) is 25.5 Å². The molecule has 2 N–H and O–H groups in total. The van der Waals surface area contributed by atoms with E-state index in [1.165, 1.54) is 5.56 Å². The smallest absolute Gasteiger partial charge is 0.223 e. The molecule has 2 rings (SSSR count). The average Bonchev–Trinajstić information content (AvgIpc) is 2.46. The molecule has 3 heteroatoms. The van der Waals surface area contributed by atoms with Gasteiger partial charge in [0.1, 0.15) is 0 Å². The third-order valence-corrected chi connectivity index (χ3v) is 3.66. The van der Waals surface area contributed by atoms with E-state index >= 15 is 0 Å². The lowest BCUT2D eigenvalue weighted by molar-refractivity contribution is -0.125. The van der Waals surface area contributed by atoms with Crippen LogP contribution in [0.1, 0.15) is 31.2 Å². The van der Waals surface area contributed by atoms with Crippen molar-refractivity contribution in [3.63, 3.8) is 0 Å². The Morgan fingerprint density at radius 1 is 1.33 bits per heavy atom. The predicted molar refractivity (Wildman–Crippen MR) is 73.5 cm³/mol. The van der Waals surface area contributed by atoms with Gasteiger partial charge in [-0.3, -0.25) is 4.79 Å². The van der Waals surface area contributed by atoms with Gasteiger partial charge in [0, 0.05) is 12.5 Å². The first-order valence-corrected chi connectivity index (χ1v) is 6.80. The third-order valence-electron chi connectivity index (χ3n) is 3.66. The third kappa shape index (κ3) is 3.57. The van der Waals surface area contributed by atoms with Crippen molar-refractivity contribution < 1.29 is 4.79 Å². The highest BCUT2D eigenvalue weighted by Crippen LogP contribution is 2.15. The lowest BCUT2D eigenvalue weighted by Gasteiger charge is -2.22. The molecule has 1 heterocycles. The highest BCUT2D eigenvalue weighted by molar-refractivity contribution is 5.78. The van der Waals surface area contributed by atoms with Gasteiger partial charge in [0.05, 0.1) is 0 Å². The Hall–Kier alpha value is -1.35. The van der Waals surface area contributed by atoms with Gasteiger partial charge in [0.15, 0.2) is 0 Å². The minimum absolute atomic E-state index is 0.203. The van der Waals surface area contributed by atoms with Crippen molar-refractivity contribution in [2.45, 2.75) is 25.7 Å². The highest BCUT2D eigenvalue weighted by atomic mass is 16.1. The summed E-state index contributed by atoms with van der Waals surface area (Å²) < 4.78 is 0. The molecule has 0 unspecified atom stereocenters. The second-order valence-electron chi connectivity index (χ2n) is 5.08. The van der Waals surface area contributed by atoms with Crippen LogP contribution in [0.15, 0.2) is 30.3 Å². The second-order valence-corrected chi connectivity index (χ2v) is 5.08. The molecule has 18 heavy (non-hydrogen) atoms. The molecule has 0 spiro atoms. The van der Waals surface area contributed by atoms with E-state index in [1.807, 2.05) is 18.2 Å². The molecule has 98 valence electrons. The van der Waals surface area contributed by atoms with Gasteiger partial charge in [-0.1, -0.05) is 37.3 Å². The first kappa shape index (κ1) is 13.1. The van der Waals surface area contributed by atoms with Crippen molar-refractivity contribution in [3.05, 3.63) is 35.9 Å². The molecular weight excluding hydrogens is 224 g/mol. The maximum Gasteiger partial charge on any atom is 0.223 e. The van der Waals surface area contributed by atoms with Gasteiger partial charge in [-0.2, -0.15) is 0 Å². The Labute approximate surface area is 109 Å². The van der Waals surface area contributed by atoms with E-state index in [0.717, 1.165) is 32.5 Å². The molecular formula is C15H22N2O. The molecule has 1 fully saturated rings. The molecule has 1 atom stereocenters. The Morgan fingerprint density at radius 2 is 2.00 bits per heavy atom. The number of carbonyl (C=O) groups excluding carboxylic acids is 1. The van der Waals surface area contributed by atoms with Gasteiger partial charge in [-0.05, 0) is 37.4 Å². The summed E-state index contributed by atoms with van der Waals surface area (Å²) in [6, 6.07) is 10.3.